The Bertz CT molecular complexity index is 1500. The lowest BCUT2D eigenvalue weighted by atomic mass is 10.2. The van der Waals surface area contributed by atoms with Gasteiger partial charge in [0.05, 0.1) is 12.0 Å². The van der Waals surface area contributed by atoms with Crippen molar-refractivity contribution in [3.63, 3.8) is 0 Å². The second-order valence-electron chi connectivity index (χ2n) is 7.01. The Morgan fingerprint density at radius 3 is 2.49 bits per heavy atom. The first kappa shape index (κ1) is 23.8. The fraction of sp³-hybridized carbons (Fsp3) is 0.0455. The van der Waals surface area contributed by atoms with E-state index in [0.29, 0.717) is 10.8 Å². The molecule has 0 radical (unpaired) electrons. The van der Waals surface area contributed by atoms with Gasteiger partial charge < -0.3 is 4.74 Å². The SMILES string of the molecule is COc1ccc(-c2nnc(NC(=O)c3cccc(NS(=O)(=O)c4ccccc4[N+](=O)[O-])c3)s2)cc1. The second kappa shape index (κ2) is 9.87. The number of nitrogens with one attached hydrogen (secondary N) is 2. The van der Waals surface area contributed by atoms with Gasteiger partial charge in [0.25, 0.3) is 21.6 Å². The van der Waals surface area contributed by atoms with E-state index in [1.165, 1.54) is 47.7 Å². The molecule has 1 aromatic heterocycles. The number of benzene rings is 3. The summed E-state index contributed by atoms with van der Waals surface area (Å²) in [5, 5.41) is 22.7. The summed E-state index contributed by atoms with van der Waals surface area (Å²) in [6.45, 7) is 0. The number of rotatable bonds is 8. The van der Waals surface area contributed by atoms with Crippen molar-refractivity contribution in [1.82, 2.24) is 10.2 Å². The lowest BCUT2D eigenvalue weighted by Crippen LogP contribution is -2.16. The molecule has 11 nitrogen and oxygen atoms in total. The van der Waals surface area contributed by atoms with E-state index < -0.39 is 31.4 Å². The Kier molecular flexibility index (Phi) is 6.71. The highest BCUT2D eigenvalue weighted by Crippen LogP contribution is 2.29. The highest BCUT2D eigenvalue weighted by molar-refractivity contribution is 7.92. The Hall–Kier alpha value is -4.36. The first-order chi connectivity index (χ1) is 16.8. The number of aromatic nitrogens is 2. The summed E-state index contributed by atoms with van der Waals surface area (Å²) in [6, 6.07) is 17.9. The van der Waals surface area contributed by atoms with E-state index >= 15 is 0 Å². The van der Waals surface area contributed by atoms with Crippen LogP contribution in [0.3, 0.4) is 0 Å². The molecule has 178 valence electrons. The first-order valence-corrected chi connectivity index (χ1v) is 12.2. The molecule has 1 amide bonds. The number of hydrogen-bond acceptors (Lipinski definition) is 9. The molecule has 0 aliphatic carbocycles. The summed E-state index contributed by atoms with van der Waals surface area (Å²) in [6.07, 6.45) is 0. The minimum Gasteiger partial charge on any atom is -0.497 e. The van der Waals surface area contributed by atoms with Gasteiger partial charge in [0, 0.05) is 22.9 Å². The van der Waals surface area contributed by atoms with Gasteiger partial charge in [0.2, 0.25) is 5.13 Å². The number of nitro benzene ring substituents is 1. The molecule has 0 fully saturated rings. The zero-order chi connectivity index (χ0) is 25.0. The van der Waals surface area contributed by atoms with Crippen molar-refractivity contribution in [3.8, 4) is 16.3 Å². The summed E-state index contributed by atoms with van der Waals surface area (Å²) in [7, 11) is -2.71. The third-order valence-corrected chi connectivity index (χ3v) is 7.03. The average molecular weight is 512 g/mol. The Morgan fingerprint density at radius 2 is 1.77 bits per heavy atom. The predicted molar refractivity (Wildman–Crippen MR) is 130 cm³/mol. The molecule has 1 heterocycles. The molecule has 4 aromatic rings. The minimum absolute atomic E-state index is 0.0620. The number of amides is 1. The number of ether oxygens (including phenoxy) is 1. The number of carbonyl (C=O) groups is 1. The van der Waals surface area contributed by atoms with Crippen LogP contribution in [0.4, 0.5) is 16.5 Å². The highest BCUT2D eigenvalue weighted by Gasteiger charge is 2.25. The first-order valence-electron chi connectivity index (χ1n) is 9.92. The van der Waals surface area contributed by atoms with E-state index in [9.17, 15) is 23.3 Å². The lowest BCUT2D eigenvalue weighted by molar-refractivity contribution is -0.387. The van der Waals surface area contributed by atoms with Gasteiger partial charge in [-0.3, -0.25) is 24.9 Å². The van der Waals surface area contributed by atoms with E-state index in [1.54, 1.807) is 19.2 Å². The molecule has 0 unspecified atom stereocenters. The molecule has 0 saturated carbocycles. The molecular formula is C22H17N5O6S2. The molecule has 0 aliphatic heterocycles. The monoisotopic (exact) mass is 511 g/mol. The van der Waals surface area contributed by atoms with Crippen LogP contribution in [-0.4, -0.2) is 36.6 Å². The minimum atomic E-state index is -4.28. The molecule has 4 rings (SSSR count). The van der Waals surface area contributed by atoms with Crippen LogP contribution < -0.4 is 14.8 Å². The molecule has 0 saturated heterocycles. The maximum atomic E-state index is 12.7. The van der Waals surface area contributed by atoms with Crippen molar-refractivity contribution < 1.29 is 22.9 Å². The number of carbonyl (C=O) groups excluding carboxylic acids is 1. The fourth-order valence-electron chi connectivity index (χ4n) is 3.06. The second-order valence-corrected chi connectivity index (χ2v) is 9.63. The zero-order valence-corrected chi connectivity index (χ0v) is 19.7. The Morgan fingerprint density at radius 1 is 1.03 bits per heavy atom. The van der Waals surface area contributed by atoms with Gasteiger partial charge in [-0.1, -0.05) is 29.5 Å². The van der Waals surface area contributed by atoms with E-state index in [1.807, 2.05) is 12.1 Å². The normalized spacial score (nSPS) is 11.0. The fourth-order valence-corrected chi connectivity index (χ4v) is 5.03. The van der Waals surface area contributed by atoms with Crippen molar-refractivity contribution in [2.24, 2.45) is 0 Å². The summed E-state index contributed by atoms with van der Waals surface area (Å²) in [4.78, 5) is 22.7. The van der Waals surface area contributed by atoms with E-state index in [2.05, 4.69) is 20.2 Å². The Balaban J connectivity index is 1.50. The van der Waals surface area contributed by atoms with Crippen molar-refractivity contribution in [3.05, 3.63) is 88.5 Å². The summed E-state index contributed by atoms with van der Waals surface area (Å²) in [5.41, 5.74) is 0.453. The van der Waals surface area contributed by atoms with Crippen molar-refractivity contribution in [2.45, 2.75) is 4.90 Å². The third-order valence-electron chi connectivity index (χ3n) is 4.71. The van der Waals surface area contributed by atoms with E-state index in [4.69, 9.17) is 4.74 Å². The van der Waals surface area contributed by atoms with Gasteiger partial charge in [-0.05, 0) is 48.5 Å². The van der Waals surface area contributed by atoms with Gasteiger partial charge in [0.15, 0.2) is 4.90 Å². The molecule has 13 heteroatoms. The number of hydrogen-bond donors (Lipinski definition) is 2. The average Bonchev–Trinajstić information content (AvgIpc) is 3.32. The number of nitrogens with zero attached hydrogens (tertiary/aromatic N) is 3. The van der Waals surface area contributed by atoms with Crippen LogP contribution in [-0.2, 0) is 10.0 Å². The van der Waals surface area contributed by atoms with E-state index in [0.717, 1.165) is 17.7 Å². The van der Waals surface area contributed by atoms with Crippen LogP contribution in [0, 0.1) is 10.1 Å². The third kappa shape index (κ3) is 5.42. The van der Waals surface area contributed by atoms with E-state index in [-0.39, 0.29) is 16.4 Å². The maximum absolute atomic E-state index is 12.7. The number of nitro groups is 1. The predicted octanol–water partition coefficient (Wildman–Crippen LogP) is 4.18. The van der Waals surface area contributed by atoms with Gasteiger partial charge >= 0.3 is 0 Å². The highest BCUT2D eigenvalue weighted by atomic mass is 32.2. The number of sulfonamides is 1. The largest absolute Gasteiger partial charge is 0.497 e. The molecule has 35 heavy (non-hydrogen) atoms. The van der Waals surface area contributed by atoms with Gasteiger partial charge in [-0.2, -0.15) is 0 Å². The van der Waals surface area contributed by atoms with Gasteiger partial charge in [-0.25, -0.2) is 8.42 Å². The Labute approximate surface area is 203 Å². The van der Waals surface area contributed by atoms with Gasteiger partial charge in [0.1, 0.15) is 10.8 Å². The number of anilines is 2. The molecule has 2 N–H and O–H groups in total. The lowest BCUT2D eigenvalue weighted by Gasteiger charge is -2.09. The summed E-state index contributed by atoms with van der Waals surface area (Å²) < 4.78 is 32.9. The smallest absolute Gasteiger partial charge is 0.289 e. The van der Waals surface area contributed by atoms with Crippen LogP contribution in [0.2, 0.25) is 0 Å². The summed E-state index contributed by atoms with van der Waals surface area (Å²) >= 11 is 1.17. The van der Waals surface area contributed by atoms with Crippen molar-refractivity contribution in [2.75, 3.05) is 17.1 Å². The quantitative estimate of drug-likeness (QED) is 0.264. The molecule has 0 atom stereocenters. The standard InChI is InChI=1S/C22H17N5O6S2/c1-33-17-11-9-14(10-12-17)21-24-25-22(34-21)23-20(28)15-5-4-6-16(13-15)26-35(31,32)19-8-3-2-7-18(19)27(29)30/h2-13,26H,1H3,(H,23,25,28). The van der Waals surface area contributed by atoms with Crippen LogP contribution >= 0.6 is 11.3 Å². The van der Waals surface area contributed by atoms with Crippen LogP contribution in [0.25, 0.3) is 10.6 Å². The molecule has 3 aromatic carbocycles. The van der Waals surface area contributed by atoms with Crippen LogP contribution in [0.1, 0.15) is 10.4 Å². The molecule has 0 aliphatic rings. The number of methoxy groups -OCH3 is 1. The molecular weight excluding hydrogens is 494 g/mol. The molecule has 0 bridgehead atoms. The number of para-hydroxylation sites is 1. The van der Waals surface area contributed by atoms with Crippen molar-refractivity contribution >= 4 is 43.8 Å². The van der Waals surface area contributed by atoms with Crippen LogP contribution in [0.15, 0.2) is 77.7 Å². The van der Waals surface area contributed by atoms with Gasteiger partial charge in [-0.15, -0.1) is 10.2 Å². The zero-order valence-electron chi connectivity index (χ0n) is 18.0. The van der Waals surface area contributed by atoms with Crippen LogP contribution in [0.5, 0.6) is 5.75 Å². The summed E-state index contributed by atoms with van der Waals surface area (Å²) in [5.74, 6) is 0.165. The molecule has 0 spiro atoms. The maximum Gasteiger partial charge on any atom is 0.289 e. The topological polar surface area (TPSA) is 153 Å². The van der Waals surface area contributed by atoms with Crippen molar-refractivity contribution in [1.29, 1.82) is 0 Å².